The molecule has 2 rings (SSSR count). The van der Waals surface area contributed by atoms with E-state index in [4.69, 9.17) is 5.73 Å². The molecule has 6 nitrogen and oxygen atoms in total. The van der Waals surface area contributed by atoms with Crippen molar-refractivity contribution in [1.29, 1.82) is 0 Å². The van der Waals surface area contributed by atoms with Crippen LogP contribution in [0, 0.1) is 0 Å². The Labute approximate surface area is 107 Å². The highest BCUT2D eigenvalue weighted by molar-refractivity contribution is 5.92. The van der Waals surface area contributed by atoms with Gasteiger partial charge in [-0.05, 0) is 13.5 Å². The monoisotopic (exact) mass is 249 g/mol. The zero-order valence-corrected chi connectivity index (χ0v) is 10.8. The minimum absolute atomic E-state index is 0.0611. The third kappa shape index (κ3) is 2.59. The first kappa shape index (κ1) is 12.8. The van der Waals surface area contributed by atoms with E-state index in [0.29, 0.717) is 17.6 Å². The number of anilines is 1. The molecular weight excluding hydrogens is 230 g/mol. The summed E-state index contributed by atoms with van der Waals surface area (Å²) in [4.78, 5) is 24.3. The number of aromatic nitrogens is 2. The quantitative estimate of drug-likeness (QED) is 0.811. The van der Waals surface area contributed by atoms with Crippen LogP contribution in [0.4, 0.5) is 5.82 Å². The highest BCUT2D eigenvalue weighted by Gasteiger charge is 2.27. The number of carbonyl (C=O) groups is 1. The Bertz CT molecular complexity index is 419. The van der Waals surface area contributed by atoms with Crippen molar-refractivity contribution in [2.24, 2.45) is 0 Å². The zero-order valence-electron chi connectivity index (χ0n) is 10.8. The van der Waals surface area contributed by atoms with Crippen LogP contribution in [0.1, 0.15) is 23.8 Å². The Morgan fingerprint density at radius 1 is 1.44 bits per heavy atom. The lowest BCUT2D eigenvalue weighted by atomic mass is 10.1. The molecule has 1 amide bonds. The summed E-state index contributed by atoms with van der Waals surface area (Å²) in [6.07, 6.45) is 3.89. The molecule has 98 valence electrons. The topological polar surface area (TPSA) is 75.3 Å². The van der Waals surface area contributed by atoms with Crippen LogP contribution in [0.25, 0.3) is 0 Å². The van der Waals surface area contributed by atoms with Gasteiger partial charge in [-0.2, -0.15) is 0 Å². The third-order valence-electron chi connectivity index (χ3n) is 3.43. The van der Waals surface area contributed by atoms with Gasteiger partial charge in [0.25, 0.3) is 5.91 Å². The molecule has 18 heavy (non-hydrogen) atoms. The molecular formula is C12H19N5O. The van der Waals surface area contributed by atoms with Gasteiger partial charge in [-0.25, -0.2) is 9.97 Å². The summed E-state index contributed by atoms with van der Waals surface area (Å²) >= 11 is 0. The van der Waals surface area contributed by atoms with Gasteiger partial charge in [-0.1, -0.05) is 6.92 Å². The van der Waals surface area contributed by atoms with Crippen molar-refractivity contribution in [3.63, 3.8) is 0 Å². The number of amides is 1. The van der Waals surface area contributed by atoms with Crippen molar-refractivity contribution in [2.75, 3.05) is 32.4 Å². The summed E-state index contributed by atoms with van der Waals surface area (Å²) in [6.45, 7) is 4.51. The second kappa shape index (κ2) is 5.30. The number of hydrogen-bond acceptors (Lipinski definition) is 5. The van der Waals surface area contributed by atoms with E-state index in [0.717, 1.165) is 26.1 Å². The fourth-order valence-electron chi connectivity index (χ4n) is 2.18. The van der Waals surface area contributed by atoms with Crippen LogP contribution < -0.4 is 5.73 Å². The van der Waals surface area contributed by atoms with Gasteiger partial charge < -0.3 is 10.6 Å². The van der Waals surface area contributed by atoms with Gasteiger partial charge in [0.2, 0.25) is 0 Å². The molecule has 1 aliphatic rings. The molecule has 0 bridgehead atoms. The molecule has 0 radical (unpaired) electrons. The molecule has 2 N–H and O–H groups in total. The molecule has 0 saturated carbocycles. The number of nitrogens with two attached hydrogens (primary N) is 1. The summed E-state index contributed by atoms with van der Waals surface area (Å²) < 4.78 is 0. The van der Waals surface area contributed by atoms with Crippen molar-refractivity contribution in [3.05, 3.63) is 18.1 Å². The number of nitrogen functional groups attached to an aromatic ring is 1. The SMILES string of the molecule is CCC1CN(C(=O)c2cnc(N)cn2)CCN1C. The lowest BCUT2D eigenvalue weighted by Crippen LogP contribution is -2.53. The fraction of sp³-hybridized carbons (Fsp3) is 0.583. The Hall–Kier alpha value is -1.69. The second-order valence-corrected chi connectivity index (χ2v) is 4.62. The van der Waals surface area contributed by atoms with Crippen molar-refractivity contribution < 1.29 is 4.79 Å². The van der Waals surface area contributed by atoms with Crippen LogP contribution in [0.15, 0.2) is 12.4 Å². The smallest absolute Gasteiger partial charge is 0.274 e. The average Bonchev–Trinajstić information content (AvgIpc) is 2.39. The molecule has 2 heterocycles. The second-order valence-electron chi connectivity index (χ2n) is 4.62. The third-order valence-corrected chi connectivity index (χ3v) is 3.43. The molecule has 1 unspecified atom stereocenters. The lowest BCUT2D eigenvalue weighted by Gasteiger charge is -2.38. The van der Waals surface area contributed by atoms with Crippen molar-refractivity contribution in [1.82, 2.24) is 19.8 Å². The van der Waals surface area contributed by atoms with Gasteiger partial charge in [-0.15, -0.1) is 0 Å². The summed E-state index contributed by atoms with van der Waals surface area (Å²) in [5, 5.41) is 0. The van der Waals surface area contributed by atoms with Crippen LogP contribution in [-0.4, -0.2) is 58.4 Å². The van der Waals surface area contributed by atoms with Crippen LogP contribution >= 0.6 is 0 Å². The molecule has 1 atom stereocenters. The average molecular weight is 249 g/mol. The van der Waals surface area contributed by atoms with Crippen LogP contribution in [0.3, 0.4) is 0 Å². The van der Waals surface area contributed by atoms with E-state index in [1.54, 1.807) is 0 Å². The Kier molecular flexibility index (Phi) is 3.76. The Morgan fingerprint density at radius 2 is 2.22 bits per heavy atom. The minimum Gasteiger partial charge on any atom is -0.382 e. The van der Waals surface area contributed by atoms with Crippen molar-refractivity contribution in [3.8, 4) is 0 Å². The van der Waals surface area contributed by atoms with E-state index >= 15 is 0 Å². The molecule has 6 heteroatoms. The highest BCUT2D eigenvalue weighted by Crippen LogP contribution is 2.13. The molecule has 1 aromatic heterocycles. The number of piperazine rings is 1. The van der Waals surface area contributed by atoms with E-state index in [1.165, 1.54) is 12.4 Å². The first-order valence-electron chi connectivity index (χ1n) is 6.19. The molecule has 0 aliphatic carbocycles. The van der Waals surface area contributed by atoms with Gasteiger partial charge in [-0.3, -0.25) is 9.69 Å². The number of hydrogen-bond donors (Lipinski definition) is 1. The van der Waals surface area contributed by atoms with Crippen LogP contribution in [-0.2, 0) is 0 Å². The zero-order chi connectivity index (χ0) is 13.1. The number of carbonyl (C=O) groups excluding carboxylic acids is 1. The molecule has 0 spiro atoms. The van der Waals surface area contributed by atoms with E-state index in [-0.39, 0.29) is 5.91 Å². The molecule has 1 saturated heterocycles. The van der Waals surface area contributed by atoms with E-state index in [2.05, 4.69) is 28.8 Å². The molecule has 0 aromatic carbocycles. The van der Waals surface area contributed by atoms with E-state index < -0.39 is 0 Å². The lowest BCUT2D eigenvalue weighted by molar-refractivity contribution is 0.0536. The molecule has 1 aliphatic heterocycles. The number of likely N-dealkylation sites (N-methyl/N-ethyl adjacent to an activating group) is 1. The molecule has 1 aromatic rings. The Morgan fingerprint density at radius 3 is 2.83 bits per heavy atom. The normalized spacial score (nSPS) is 21.0. The largest absolute Gasteiger partial charge is 0.382 e. The van der Waals surface area contributed by atoms with Gasteiger partial charge in [0.15, 0.2) is 0 Å². The van der Waals surface area contributed by atoms with Gasteiger partial charge in [0, 0.05) is 25.7 Å². The van der Waals surface area contributed by atoms with Gasteiger partial charge >= 0.3 is 0 Å². The number of nitrogens with zero attached hydrogens (tertiary/aromatic N) is 4. The predicted octanol–water partition coefficient (Wildman–Crippen LogP) is 0.225. The first-order chi connectivity index (χ1) is 8.61. The fourth-order valence-corrected chi connectivity index (χ4v) is 2.18. The predicted molar refractivity (Wildman–Crippen MR) is 69.1 cm³/mol. The van der Waals surface area contributed by atoms with E-state index in [9.17, 15) is 4.79 Å². The summed E-state index contributed by atoms with van der Waals surface area (Å²) in [6, 6.07) is 0.421. The minimum atomic E-state index is -0.0611. The maximum atomic E-state index is 12.2. The first-order valence-corrected chi connectivity index (χ1v) is 6.19. The molecule has 1 fully saturated rings. The number of rotatable bonds is 2. The standard InChI is InChI=1S/C12H19N5O/c1-3-9-8-17(5-4-16(9)2)12(18)10-6-15-11(13)7-14-10/h6-7,9H,3-5,8H2,1-2H3,(H2,13,15). The summed E-state index contributed by atoms with van der Waals surface area (Å²) in [5.74, 6) is 0.269. The maximum absolute atomic E-state index is 12.2. The van der Waals surface area contributed by atoms with Crippen LogP contribution in [0.2, 0.25) is 0 Å². The van der Waals surface area contributed by atoms with Gasteiger partial charge in [0.1, 0.15) is 11.5 Å². The highest BCUT2D eigenvalue weighted by atomic mass is 16.2. The Balaban J connectivity index is 2.07. The summed E-state index contributed by atoms with van der Waals surface area (Å²) in [7, 11) is 2.10. The maximum Gasteiger partial charge on any atom is 0.274 e. The van der Waals surface area contributed by atoms with Gasteiger partial charge in [0.05, 0.1) is 12.4 Å². The van der Waals surface area contributed by atoms with E-state index in [1.807, 2.05) is 4.90 Å². The van der Waals surface area contributed by atoms with Crippen LogP contribution in [0.5, 0.6) is 0 Å². The summed E-state index contributed by atoms with van der Waals surface area (Å²) in [5.41, 5.74) is 5.83. The van der Waals surface area contributed by atoms with Crippen molar-refractivity contribution >= 4 is 11.7 Å². The van der Waals surface area contributed by atoms with Crippen molar-refractivity contribution in [2.45, 2.75) is 19.4 Å².